The highest BCUT2D eigenvalue weighted by Gasteiger charge is 2.33. The molecular formula is C14H14BrNO. The van der Waals surface area contributed by atoms with E-state index in [1.54, 1.807) is 0 Å². The Morgan fingerprint density at radius 3 is 2.82 bits per heavy atom. The average molecular weight is 292 g/mol. The third-order valence-electron chi connectivity index (χ3n) is 3.42. The fourth-order valence-electron chi connectivity index (χ4n) is 2.76. The lowest BCUT2D eigenvalue weighted by atomic mass is 9.76. The van der Waals surface area contributed by atoms with Gasteiger partial charge in [0.25, 0.3) is 0 Å². The first kappa shape index (κ1) is 11.0. The van der Waals surface area contributed by atoms with E-state index < -0.39 is 0 Å². The summed E-state index contributed by atoms with van der Waals surface area (Å²) >= 11 is 3.54. The average Bonchev–Trinajstić information content (AvgIpc) is 2.54. The number of nitrogens with one attached hydrogen (secondary N) is 1. The lowest BCUT2D eigenvalue weighted by Gasteiger charge is -2.28. The van der Waals surface area contributed by atoms with Crippen molar-refractivity contribution in [2.45, 2.75) is 26.7 Å². The SMILES string of the molecule is CC1(C)CC(=O)c2c([nH]c3cccc(Br)c23)C1. The number of halogens is 1. The molecule has 88 valence electrons. The number of aromatic nitrogens is 1. The lowest BCUT2D eigenvalue weighted by Crippen LogP contribution is -2.26. The quantitative estimate of drug-likeness (QED) is 0.779. The molecule has 0 saturated carbocycles. The van der Waals surface area contributed by atoms with Crippen LogP contribution >= 0.6 is 15.9 Å². The molecule has 3 heteroatoms. The number of carbonyl (C=O) groups excluding carboxylic acids is 1. The standard InChI is InChI=1S/C14H14BrNO/c1-14(2)6-10-13(11(17)7-14)12-8(15)4-3-5-9(12)16-10/h3-5,16H,6-7H2,1-2H3. The van der Waals surface area contributed by atoms with Gasteiger partial charge in [-0.05, 0) is 24.0 Å². The molecule has 1 heterocycles. The van der Waals surface area contributed by atoms with Crippen LogP contribution in [0.25, 0.3) is 10.9 Å². The van der Waals surface area contributed by atoms with Gasteiger partial charge in [-0.2, -0.15) is 0 Å². The molecule has 2 nitrogen and oxygen atoms in total. The number of hydrogen-bond acceptors (Lipinski definition) is 1. The molecule has 0 unspecified atom stereocenters. The van der Waals surface area contributed by atoms with Crippen molar-refractivity contribution in [1.82, 2.24) is 4.98 Å². The van der Waals surface area contributed by atoms with Gasteiger partial charge in [0.1, 0.15) is 0 Å². The Kier molecular flexibility index (Phi) is 2.24. The number of carbonyl (C=O) groups is 1. The van der Waals surface area contributed by atoms with Gasteiger partial charge in [-0.15, -0.1) is 0 Å². The van der Waals surface area contributed by atoms with Crippen LogP contribution in [0.3, 0.4) is 0 Å². The second-order valence-corrected chi connectivity index (χ2v) is 6.44. The van der Waals surface area contributed by atoms with E-state index in [0.717, 1.165) is 33.1 Å². The van der Waals surface area contributed by atoms with E-state index in [-0.39, 0.29) is 11.2 Å². The zero-order valence-electron chi connectivity index (χ0n) is 9.93. The van der Waals surface area contributed by atoms with Crippen molar-refractivity contribution in [3.63, 3.8) is 0 Å². The van der Waals surface area contributed by atoms with Crippen molar-refractivity contribution < 1.29 is 4.79 Å². The summed E-state index contributed by atoms with van der Waals surface area (Å²) in [6.07, 6.45) is 1.57. The van der Waals surface area contributed by atoms with Crippen LogP contribution in [0.1, 0.15) is 36.3 Å². The number of rotatable bonds is 0. The van der Waals surface area contributed by atoms with Gasteiger partial charge in [0.2, 0.25) is 0 Å². The van der Waals surface area contributed by atoms with E-state index in [4.69, 9.17) is 0 Å². The summed E-state index contributed by atoms with van der Waals surface area (Å²) in [6.45, 7) is 4.29. The zero-order chi connectivity index (χ0) is 12.2. The first-order chi connectivity index (χ1) is 7.98. The maximum atomic E-state index is 12.3. The molecule has 0 fully saturated rings. The molecule has 0 radical (unpaired) electrons. The van der Waals surface area contributed by atoms with Crippen molar-refractivity contribution in [1.29, 1.82) is 0 Å². The fourth-order valence-corrected chi connectivity index (χ4v) is 3.33. The molecule has 2 aromatic rings. The number of hydrogen-bond donors (Lipinski definition) is 1. The smallest absolute Gasteiger partial charge is 0.165 e. The lowest BCUT2D eigenvalue weighted by molar-refractivity contribution is 0.0913. The molecule has 1 N–H and O–H groups in total. The van der Waals surface area contributed by atoms with Gasteiger partial charge in [0.05, 0.1) is 0 Å². The highest BCUT2D eigenvalue weighted by atomic mass is 79.9. The van der Waals surface area contributed by atoms with Gasteiger partial charge in [-0.1, -0.05) is 35.8 Å². The molecule has 0 bridgehead atoms. The monoisotopic (exact) mass is 291 g/mol. The van der Waals surface area contributed by atoms with Crippen molar-refractivity contribution in [3.05, 3.63) is 33.9 Å². The van der Waals surface area contributed by atoms with E-state index in [0.29, 0.717) is 6.42 Å². The highest BCUT2D eigenvalue weighted by molar-refractivity contribution is 9.10. The fraction of sp³-hybridized carbons (Fsp3) is 0.357. The summed E-state index contributed by atoms with van der Waals surface area (Å²) in [6, 6.07) is 6.01. The van der Waals surface area contributed by atoms with Gasteiger partial charge in [0, 0.05) is 33.1 Å². The minimum absolute atomic E-state index is 0.0669. The molecule has 0 spiro atoms. The number of Topliss-reactive ketones (excluding diaryl/α,β-unsaturated/α-hetero) is 1. The minimum atomic E-state index is 0.0669. The summed E-state index contributed by atoms with van der Waals surface area (Å²) in [4.78, 5) is 15.7. The maximum Gasteiger partial charge on any atom is 0.165 e. The molecular weight excluding hydrogens is 278 g/mol. The van der Waals surface area contributed by atoms with E-state index in [1.165, 1.54) is 0 Å². The predicted octanol–water partition coefficient (Wildman–Crippen LogP) is 4.09. The molecule has 1 aliphatic carbocycles. The molecule has 1 aromatic carbocycles. The molecule has 0 amide bonds. The van der Waals surface area contributed by atoms with Crippen LogP contribution in [0, 0.1) is 5.41 Å². The van der Waals surface area contributed by atoms with E-state index in [2.05, 4.69) is 34.8 Å². The van der Waals surface area contributed by atoms with Gasteiger partial charge < -0.3 is 4.98 Å². The molecule has 0 saturated heterocycles. The predicted molar refractivity (Wildman–Crippen MR) is 72.4 cm³/mol. The summed E-state index contributed by atoms with van der Waals surface area (Å²) in [7, 11) is 0. The maximum absolute atomic E-state index is 12.3. The minimum Gasteiger partial charge on any atom is -0.358 e. The molecule has 0 atom stereocenters. The Hall–Kier alpha value is -1.09. The van der Waals surface area contributed by atoms with E-state index in [9.17, 15) is 4.79 Å². The van der Waals surface area contributed by atoms with Gasteiger partial charge >= 0.3 is 0 Å². The Morgan fingerprint density at radius 1 is 1.29 bits per heavy atom. The molecule has 1 aliphatic rings. The van der Waals surface area contributed by atoms with Gasteiger partial charge in [0.15, 0.2) is 5.78 Å². The normalized spacial score (nSPS) is 18.4. The number of benzene rings is 1. The molecule has 3 rings (SSSR count). The van der Waals surface area contributed by atoms with Gasteiger partial charge in [-0.3, -0.25) is 4.79 Å². The molecule has 0 aliphatic heterocycles. The summed E-state index contributed by atoms with van der Waals surface area (Å²) in [5, 5.41) is 1.04. The Bertz CT molecular complexity index is 624. The summed E-state index contributed by atoms with van der Waals surface area (Å²) in [5.41, 5.74) is 3.10. The van der Waals surface area contributed by atoms with Crippen LogP contribution in [-0.2, 0) is 6.42 Å². The topological polar surface area (TPSA) is 32.9 Å². The molecule has 1 aromatic heterocycles. The second-order valence-electron chi connectivity index (χ2n) is 5.58. The summed E-state index contributed by atoms with van der Waals surface area (Å²) in [5.74, 6) is 0.259. The third-order valence-corrected chi connectivity index (χ3v) is 4.09. The number of fused-ring (bicyclic) bond motifs is 3. The second kappa shape index (κ2) is 3.45. The van der Waals surface area contributed by atoms with Crippen LogP contribution < -0.4 is 0 Å². The van der Waals surface area contributed by atoms with E-state index in [1.807, 2.05) is 18.2 Å². The van der Waals surface area contributed by atoms with Gasteiger partial charge in [-0.25, -0.2) is 0 Å². The van der Waals surface area contributed by atoms with Crippen molar-refractivity contribution in [2.24, 2.45) is 5.41 Å². The first-order valence-electron chi connectivity index (χ1n) is 5.80. The number of aromatic amines is 1. The third kappa shape index (κ3) is 1.64. The van der Waals surface area contributed by atoms with Crippen molar-refractivity contribution >= 4 is 32.6 Å². The Balaban J connectivity index is 2.34. The van der Waals surface area contributed by atoms with Crippen molar-refractivity contribution in [3.8, 4) is 0 Å². The van der Waals surface area contributed by atoms with Crippen LogP contribution in [0.4, 0.5) is 0 Å². The van der Waals surface area contributed by atoms with Crippen LogP contribution in [0.15, 0.2) is 22.7 Å². The van der Waals surface area contributed by atoms with Crippen molar-refractivity contribution in [2.75, 3.05) is 0 Å². The largest absolute Gasteiger partial charge is 0.358 e. The highest BCUT2D eigenvalue weighted by Crippen LogP contribution is 2.39. The number of ketones is 1. The first-order valence-corrected chi connectivity index (χ1v) is 6.59. The Labute approximate surface area is 109 Å². The van der Waals surface area contributed by atoms with Crippen LogP contribution in [0.5, 0.6) is 0 Å². The summed E-state index contributed by atoms with van der Waals surface area (Å²) < 4.78 is 1.00. The Morgan fingerprint density at radius 2 is 2.06 bits per heavy atom. The van der Waals surface area contributed by atoms with Crippen LogP contribution in [-0.4, -0.2) is 10.8 Å². The van der Waals surface area contributed by atoms with E-state index >= 15 is 0 Å². The number of H-pyrrole nitrogens is 1. The van der Waals surface area contributed by atoms with Crippen LogP contribution in [0.2, 0.25) is 0 Å². The zero-order valence-corrected chi connectivity index (χ0v) is 11.5. The molecule has 17 heavy (non-hydrogen) atoms.